The highest BCUT2D eigenvalue weighted by Gasteiger charge is 2.21. The number of aromatic amines is 1. The summed E-state index contributed by atoms with van der Waals surface area (Å²) < 4.78 is 15.7. The third-order valence-electron chi connectivity index (χ3n) is 6.30. The Kier molecular flexibility index (Phi) is 7.96. The van der Waals surface area contributed by atoms with Crippen LogP contribution >= 0.6 is 0 Å². The van der Waals surface area contributed by atoms with E-state index >= 15 is 4.39 Å². The third-order valence-corrected chi connectivity index (χ3v) is 6.30. The predicted molar refractivity (Wildman–Crippen MR) is 146 cm³/mol. The molecule has 3 N–H and O–H groups in total. The zero-order chi connectivity index (χ0) is 26.5. The molecule has 1 aliphatic rings. The predicted octanol–water partition coefficient (Wildman–Crippen LogP) is 2.79. The largest absolute Gasteiger partial charge is 0.397 e. The topological polar surface area (TPSA) is 103 Å². The number of terminal acetylenes is 1. The van der Waals surface area contributed by atoms with Gasteiger partial charge in [-0.2, -0.15) is 0 Å². The van der Waals surface area contributed by atoms with Crippen molar-refractivity contribution in [3.05, 3.63) is 59.7 Å². The number of anilines is 2. The van der Waals surface area contributed by atoms with Crippen molar-refractivity contribution in [2.45, 2.75) is 13.0 Å². The fourth-order valence-corrected chi connectivity index (χ4v) is 4.46. The van der Waals surface area contributed by atoms with Crippen molar-refractivity contribution < 1.29 is 4.39 Å². The van der Waals surface area contributed by atoms with Crippen molar-refractivity contribution in [3.8, 4) is 24.1 Å². The number of imidazole rings is 1. The highest BCUT2D eigenvalue weighted by atomic mass is 19.1. The third kappa shape index (κ3) is 5.69. The smallest absolute Gasteiger partial charge is 0.156 e. The van der Waals surface area contributed by atoms with Crippen molar-refractivity contribution in [2.75, 3.05) is 58.0 Å². The molecule has 0 radical (unpaired) electrons. The monoisotopic (exact) mass is 501 g/mol. The molecule has 0 aromatic carbocycles. The standard InChI is InChI=1S/C25H30FN9.C2H2/c1-33(2)15-16-10-17(13-28-12-16)23-22(26)18(19(27)14-30-23)11-21-31-20-4-5-29-25(24(20)32-21)35-8-6-34(3)7-9-35;1-2/h4-5,10,12-14H,6-9,11,15,27H2,1-3H3,(H,31,32);1-2H. The van der Waals surface area contributed by atoms with Gasteiger partial charge in [-0.3, -0.25) is 9.97 Å². The summed E-state index contributed by atoms with van der Waals surface area (Å²) in [5, 5.41) is 0. The van der Waals surface area contributed by atoms with Crippen molar-refractivity contribution in [1.29, 1.82) is 0 Å². The van der Waals surface area contributed by atoms with Gasteiger partial charge >= 0.3 is 0 Å². The minimum Gasteiger partial charge on any atom is -0.397 e. The molecule has 0 aliphatic carbocycles. The number of hydrogen-bond acceptors (Lipinski definition) is 8. The maximum absolute atomic E-state index is 15.7. The number of rotatable bonds is 6. The summed E-state index contributed by atoms with van der Waals surface area (Å²) in [4.78, 5) is 27.9. The molecular weight excluding hydrogens is 469 g/mol. The van der Waals surface area contributed by atoms with Gasteiger partial charge in [0.15, 0.2) is 11.6 Å². The molecule has 37 heavy (non-hydrogen) atoms. The average molecular weight is 502 g/mol. The lowest BCUT2D eigenvalue weighted by Crippen LogP contribution is -2.44. The first-order valence-electron chi connectivity index (χ1n) is 12.0. The summed E-state index contributed by atoms with van der Waals surface area (Å²) in [6.45, 7) is 4.43. The zero-order valence-electron chi connectivity index (χ0n) is 21.4. The number of H-pyrrole nitrogens is 1. The lowest BCUT2D eigenvalue weighted by atomic mass is 10.0. The molecule has 0 unspecified atom stereocenters. The Hall–Kier alpha value is -4.07. The molecule has 0 amide bonds. The molecule has 4 aromatic heterocycles. The van der Waals surface area contributed by atoms with Crippen LogP contribution in [0.4, 0.5) is 15.9 Å². The zero-order valence-corrected chi connectivity index (χ0v) is 21.4. The Labute approximate surface area is 216 Å². The molecule has 0 atom stereocenters. The van der Waals surface area contributed by atoms with E-state index in [0.29, 0.717) is 29.2 Å². The Morgan fingerprint density at radius 2 is 1.86 bits per heavy atom. The summed E-state index contributed by atoms with van der Waals surface area (Å²) in [5.41, 5.74) is 10.3. The number of nitrogens with one attached hydrogen (secondary N) is 1. The second kappa shape index (κ2) is 11.3. The van der Waals surface area contributed by atoms with Crippen LogP contribution < -0.4 is 10.6 Å². The van der Waals surface area contributed by atoms with Crippen LogP contribution in [0.3, 0.4) is 0 Å². The molecule has 192 valence electrons. The minimum atomic E-state index is -0.452. The Morgan fingerprint density at radius 3 is 2.59 bits per heavy atom. The van der Waals surface area contributed by atoms with Crippen LogP contribution in [0, 0.1) is 18.7 Å². The number of nitrogens with zero attached hydrogens (tertiary/aromatic N) is 7. The first kappa shape index (κ1) is 26.0. The fourth-order valence-electron chi connectivity index (χ4n) is 4.46. The van der Waals surface area contributed by atoms with Gasteiger partial charge in [-0.05, 0) is 38.8 Å². The number of nitrogens with two attached hydrogens (primary N) is 1. The van der Waals surface area contributed by atoms with Gasteiger partial charge in [0.1, 0.15) is 17.0 Å². The Balaban J connectivity index is 0.00000156. The van der Waals surface area contributed by atoms with Crippen LogP contribution in [0.25, 0.3) is 22.3 Å². The summed E-state index contributed by atoms with van der Waals surface area (Å²) >= 11 is 0. The molecule has 0 saturated carbocycles. The molecule has 0 spiro atoms. The first-order chi connectivity index (χ1) is 17.9. The van der Waals surface area contributed by atoms with Gasteiger partial charge in [0.05, 0.1) is 17.4 Å². The van der Waals surface area contributed by atoms with Gasteiger partial charge in [0.2, 0.25) is 0 Å². The number of nitrogen functional groups attached to an aromatic ring is 1. The highest BCUT2D eigenvalue weighted by Crippen LogP contribution is 2.29. The number of likely N-dealkylation sites (N-methyl/N-ethyl adjacent to an activating group) is 1. The highest BCUT2D eigenvalue weighted by molar-refractivity contribution is 5.86. The fraction of sp³-hybridized carbons (Fsp3) is 0.333. The summed E-state index contributed by atoms with van der Waals surface area (Å²) in [6, 6.07) is 3.80. The van der Waals surface area contributed by atoms with E-state index in [-0.39, 0.29) is 12.1 Å². The van der Waals surface area contributed by atoms with Gasteiger partial charge in [-0.15, -0.1) is 12.8 Å². The molecule has 5 heterocycles. The summed E-state index contributed by atoms with van der Waals surface area (Å²) in [5.74, 6) is 1.03. The Bertz CT molecular complexity index is 1390. The van der Waals surface area contributed by atoms with E-state index in [4.69, 9.17) is 10.7 Å². The van der Waals surface area contributed by atoms with Gasteiger partial charge in [0.25, 0.3) is 0 Å². The number of halogens is 1. The van der Waals surface area contributed by atoms with Gasteiger partial charge in [0, 0.05) is 68.9 Å². The number of fused-ring (bicyclic) bond motifs is 1. The SMILES string of the molecule is C#C.CN(C)Cc1cncc(-c2ncc(N)c(Cc3nc4c(N5CCN(C)CC5)nccc4[nH]3)c2F)c1. The second-order valence-corrected chi connectivity index (χ2v) is 9.36. The second-order valence-electron chi connectivity index (χ2n) is 9.36. The number of hydrogen-bond donors (Lipinski definition) is 2. The van der Waals surface area contributed by atoms with Crippen LogP contribution in [0.5, 0.6) is 0 Å². The summed E-state index contributed by atoms with van der Waals surface area (Å²) in [6.07, 6.45) is 14.9. The van der Waals surface area contributed by atoms with Gasteiger partial charge in [-0.25, -0.2) is 14.4 Å². The minimum absolute atomic E-state index is 0.217. The van der Waals surface area contributed by atoms with Crippen LogP contribution in [0.1, 0.15) is 17.0 Å². The average Bonchev–Trinajstić information content (AvgIpc) is 3.31. The molecule has 4 aromatic rings. The van der Waals surface area contributed by atoms with E-state index in [2.05, 4.69) is 49.6 Å². The van der Waals surface area contributed by atoms with Gasteiger partial charge < -0.3 is 25.4 Å². The van der Waals surface area contributed by atoms with E-state index < -0.39 is 5.82 Å². The quantitative estimate of drug-likeness (QED) is 0.389. The maximum Gasteiger partial charge on any atom is 0.156 e. The molecule has 0 bridgehead atoms. The van der Waals surface area contributed by atoms with E-state index in [9.17, 15) is 0 Å². The number of aromatic nitrogens is 5. The number of pyridine rings is 3. The lowest BCUT2D eigenvalue weighted by molar-refractivity contribution is 0.312. The van der Waals surface area contributed by atoms with Crippen LogP contribution in [0.2, 0.25) is 0 Å². The van der Waals surface area contributed by atoms with E-state index in [1.807, 2.05) is 31.1 Å². The molecule has 10 heteroatoms. The van der Waals surface area contributed by atoms with Crippen molar-refractivity contribution in [2.24, 2.45) is 0 Å². The molecule has 1 saturated heterocycles. The Morgan fingerprint density at radius 1 is 1.11 bits per heavy atom. The van der Waals surface area contributed by atoms with Gasteiger partial charge in [-0.1, -0.05) is 0 Å². The number of piperazine rings is 1. The first-order valence-corrected chi connectivity index (χ1v) is 12.0. The van der Waals surface area contributed by atoms with E-state index in [1.54, 1.807) is 18.6 Å². The van der Waals surface area contributed by atoms with E-state index in [0.717, 1.165) is 48.6 Å². The normalized spacial score (nSPS) is 14.1. The molecule has 1 aliphatic heterocycles. The van der Waals surface area contributed by atoms with Crippen LogP contribution in [-0.2, 0) is 13.0 Å². The van der Waals surface area contributed by atoms with E-state index in [1.165, 1.54) is 6.20 Å². The van der Waals surface area contributed by atoms with Crippen molar-refractivity contribution in [3.63, 3.8) is 0 Å². The lowest BCUT2D eigenvalue weighted by Gasteiger charge is -2.33. The molecule has 5 rings (SSSR count). The summed E-state index contributed by atoms with van der Waals surface area (Å²) in [7, 11) is 6.07. The van der Waals surface area contributed by atoms with Crippen molar-refractivity contribution in [1.82, 2.24) is 34.7 Å². The van der Waals surface area contributed by atoms with Crippen LogP contribution in [-0.4, -0.2) is 82.0 Å². The molecular formula is C27H32FN9. The van der Waals surface area contributed by atoms with Crippen molar-refractivity contribution >= 4 is 22.5 Å². The molecule has 1 fully saturated rings. The van der Waals surface area contributed by atoms with Crippen LogP contribution in [0.15, 0.2) is 36.9 Å². The maximum atomic E-state index is 15.7. The molecule has 9 nitrogen and oxygen atoms in total.